The molecular formula is C18H34O8S. The Kier molecular flexibility index (Phi) is 8.07. The molecule has 8 nitrogen and oxygen atoms in total. The van der Waals surface area contributed by atoms with Crippen LogP contribution in [0.3, 0.4) is 0 Å². The average molecular weight is 411 g/mol. The monoisotopic (exact) mass is 410 g/mol. The molecule has 2 bridgehead atoms. The Bertz CT molecular complexity index is 564. The van der Waals surface area contributed by atoms with Crippen LogP contribution in [-0.4, -0.2) is 65.9 Å². The highest BCUT2D eigenvalue weighted by Gasteiger charge is 2.49. The molecule has 3 N–H and O–H groups in total. The summed E-state index contributed by atoms with van der Waals surface area (Å²) >= 11 is 0. The molecule has 3 aliphatic heterocycles. The summed E-state index contributed by atoms with van der Waals surface area (Å²) in [4.78, 5) is 0. The van der Waals surface area contributed by atoms with Crippen molar-refractivity contribution in [2.45, 2.75) is 89.7 Å². The van der Waals surface area contributed by atoms with Crippen molar-refractivity contribution in [1.82, 2.24) is 0 Å². The van der Waals surface area contributed by atoms with Crippen LogP contribution in [0.5, 0.6) is 0 Å². The summed E-state index contributed by atoms with van der Waals surface area (Å²) < 4.78 is 48.0. The van der Waals surface area contributed by atoms with Crippen LogP contribution in [0.15, 0.2) is 0 Å². The van der Waals surface area contributed by atoms with Crippen LogP contribution in [0.25, 0.3) is 0 Å². The van der Waals surface area contributed by atoms with Gasteiger partial charge in [-0.2, -0.15) is 8.42 Å². The van der Waals surface area contributed by atoms with Crippen LogP contribution in [0.4, 0.5) is 0 Å². The molecular weight excluding hydrogens is 376 g/mol. The van der Waals surface area contributed by atoms with Crippen molar-refractivity contribution >= 4 is 10.1 Å². The van der Waals surface area contributed by atoms with Crippen LogP contribution in [0.1, 0.15) is 59.3 Å². The van der Waals surface area contributed by atoms with E-state index in [1.54, 1.807) is 0 Å². The van der Waals surface area contributed by atoms with Crippen LogP contribution in [0, 0.1) is 11.8 Å². The lowest BCUT2D eigenvalue weighted by Gasteiger charge is -2.46. The minimum absolute atomic E-state index is 0.0830. The predicted octanol–water partition coefficient (Wildman–Crippen LogP) is 1.70. The summed E-state index contributed by atoms with van der Waals surface area (Å²) in [6, 6.07) is 0. The van der Waals surface area contributed by atoms with E-state index in [-0.39, 0.29) is 24.7 Å². The Labute approximate surface area is 161 Å². The maximum absolute atomic E-state index is 10.8. The minimum Gasteiger partial charge on any atom is -0.390 e. The standard InChI is InChI=1S/C18H34O8S/c1-12-8-4-5-9-18(2,3)26-17-15(20)14(19)13(12)16(25-17)24-10-6-7-11-27(21,22)23/h12-17,19-20H,4-11H2,1-3H3,(H,21,22,23). The Balaban J connectivity index is 2.06. The summed E-state index contributed by atoms with van der Waals surface area (Å²) in [5, 5.41) is 21.2. The van der Waals surface area contributed by atoms with Gasteiger partial charge >= 0.3 is 0 Å². The van der Waals surface area contributed by atoms with Gasteiger partial charge < -0.3 is 24.4 Å². The third-order valence-corrected chi connectivity index (χ3v) is 6.27. The molecule has 6 atom stereocenters. The second-order valence-corrected chi connectivity index (χ2v) is 9.97. The van der Waals surface area contributed by atoms with Gasteiger partial charge in [0.15, 0.2) is 12.6 Å². The molecule has 0 aromatic carbocycles. The fraction of sp³-hybridized carbons (Fsp3) is 1.00. The zero-order chi connectivity index (χ0) is 20.2. The highest BCUT2D eigenvalue weighted by atomic mass is 32.2. The lowest BCUT2D eigenvalue weighted by Crippen LogP contribution is -2.58. The average Bonchev–Trinajstić information content (AvgIpc) is 2.56. The molecule has 3 heterocycles. The maximum Gasteiger partial charge on any atom is 0.264 e. The summed E-state index contributed by atoms with van der Waals surface area (Å²) in [7, 11) is -3.98. The van der Waals surface area contributed by atoms with Crippen molar-refractivity contribution in [2.24, 2.45) is 11.8 Å². The zero-order valence-corrected chi connectivity index (χ0v) is 17.2. The van der Waals surface area contributed by atoms with Crippen molar-refractivity contribution < 1.29 is 37.4 Å². The molecule has 0 amide bonds. The van der Waals surface area contributed by atoms with E-state index in [4.69, 9.17) is 18.8 Å². The summed E-state index contributed by atoms with van der Waals surface area (Å²) in [6.07, 6.45) is 0.450. The number of rotatable bonds is 6. The van der Waals surface area contributed by atoms with Crippen molar-refractivity contribution in [2.75, 3.05) is 12.4 Å². The van der Waals surface area contributed by atoms with E-state index in [9.17, 15) is 18.6 Å². The second kappa shape index (κ2) is 9.47. The van der Waals surface area contributed by atoms with Crippen molar-refractivity contribution in [3.05, 3.63) is 0 Å². The number of hydrogen-bond donors (Lipinski definition) is 3. The molecule has 3 saturated heterocycles. The van der Waals surface area contributed by atoms with Crippen LogP contribution in [0.2, 0.25) is 0 Å². The van der Waals surface area contributed by atoms with Gasteiger partial charge in [-0.25, -0.2) is 0 Å². The summed E-state index contributed by atoms with van der Waals surface area (Å²) in [6.45, 7) is 6.12. The molecule has 0 aromatic rings. The molecule has 9 heteroatoms. The lowest BCUT2D eigenvalue weighted by atomic mass is 9.81. The van der Waals surface area contributed by atoms with Gasteiger partial charge in [0.1, 0.15) is 6.10 Å². The topological polar surface area (TPSA) is 123 Å². The van der Waals surface area contributed by atoms with Gasteiger partial charge in [0.25, 0.3) is 10.1 Å². The van der Waals surface area contributed by atoms with Gasteiger partial charge in [-0.05, 0) is 39.0 Å². The quantitative estimate of drug-likeness (QED) is 0.447. The number of aliphatic hydroxyl groups is 2. The van der Waals surface area contributed by atoms with E-state index in [1.165, 1.54) is 0 Å². The number of hydrogen-bond acceptors (Lipinski definition) is 7. The largest absolute Gasteiger partial charge is 0.390 e. The zero-order valence-electron chi connectivity index (χ0n) is 16.4. The summed E-state index contributed by atoms with van der Waals surface area (Å²) in [5.41, 5.74) is -0.494. The molecule has 3 rings (SSSR count). The molecule has 3 fully saturated rings. The predicted molar refractivity (Wildman–Crippen MR) is 98.6 cm³/mol. The Morgan fingerprint density at radius 1 is 1.15 bits per heavy atom. The first kappa shape index (κ1) is 23.0. The maximum atomic E-state index is 10.8. The molecule has 160 valence electrons. The molecule has 27 heavy (non-hydrogen) atoms. The lowest BCUT2D eigenvalue weighted by molar-refractivity contribution is -0.361. The second-order valence-electron chi connectivity index (χ2n) is 8.40. The Morgan fingerprint density at radius 3 is 2.52 bits per heavy atom. The van der Waals surface area contributed by atoms with Crippen LogP contribution in [-0.2, 0) is 24.3 Å². The third kappa shape index (κ3) is 6.92. The van der Waals surface area contributed by atoms with Gasteiger partial charge in [-0.1, -0.05) is 26.2 Å². The molecule has 6 unspecified atom stereocenters. The number of aliphatic hydroxyl groups excluding tert-OH is 2. The Hall–Kier alpha value is -0.290. The van der Waals surface area contributed by atoms with Gasteiger partial charge in [-0.15, -0.1) is 0 Å². The van der Waals surface area contributed by atoms with Gasteiger partial charge in [0.05, 0.1) is 17.5 Å². The first-order valence-corrected chi connectivity index (χ1v) is 11.4. The fourth-order valence-corrected chi connectivity index (χ4v) is 4.44. The van der Waals surface area contributed by atoms with Crippen LogP contribution >= 0.6 is 0 Å². The number of unbranched alkanes of at least 4 members (excludes halogenated alkanes) is 1. The molecule has 0 spiro atoms. The minimum atomic E-state index is -3.98. The molecule has 0 radical (unpaired) electrons. The smallest absolute Gasteiger partial charge is 0.264 e. The van der Waals surface area contributed by atoms with E-state index < -0.39 is 46.4 Å². The molecule has 3 aliphatic rings. The van der Waals surface area contributed by atoms with E-state index >= 15 is 0 Å². The highest BCUT2D eigenvalue weighted by Crippen LogP contribution is 2.38. The first-order valence-electron chi connectivity index (χ1n) is 9.76. The Morgan fingerprint density at radius 2 is 1.85 bits per heavy atom. The van der Waals surface area contributed by atoms with E-state index in [2.05, 4.69) is 0 Å². The van der Waals surface area contributed by atoms with Gasteiger partial charge in [0.2, 0.25) is 0 Å². The number of ether oxygens (including phenoxy) is 3. The van der Waals surface area contributed by atoms with Crippen molar-refractivity contribution in [3.8, 4) is 0 Å². The van der Waals surface area contributed by atoms with E-state index in [0.29, 0.717) is 6.42 Å². The first-order chi connectivity index (χ1) is 12.5. The van der Waals surface area contributed by atoms with Gasteiger partial charge in [-0.3, -0.25) is 4.55 Å². The van der Waals surface area contributed by atoms with Crippen LogP contribution < -0.4 is 0 Å². The molecule has 0 aliphatic carbocycles. The van der Waals surface area contributed by atoms with Gasteiger partial charge in [0, 0.05) is 12.5 Å². The third-order valence-electron chi connectivity index (χ3n) is 5.46. The normalized spacial score (nSPS) is 37.7. The van der Waals surface area contributed by atoms with Crippen molar-refractivity contribution in [3.63, 3.8) is 0 Å². The fourth-order valence-electron chi connectivity index (χ4n) is 3.87. The van der Waals surface area contributed by atoms with E-state index in [1.807, 2.05) is 20.8 Å². The SMILES string of the molecule is CC1CCCCC(C)(C)OC2OC(OCCCCS(=O)(=O)O)C1C(O)C2O. The molecule has 0 aromatic heterocycles. The van der Waals surface area contributed by atoms with Crippen molar-refractivity contribution in [1.29, 1.82) is 0 Å². The van der Waals surface area contributed by atoms with E-state index in [0.717, 1.165) is 25.7 Å². The number of fused-ring (bicyclic) bond motifs is 8. The molecule has 0 saturated carbocycles. The summed E-state index contributed by atoms with van der Waals surface area (Å²) in [5.74, 6) is -0.634. The highest BCUT2D eigenvalue weighted by molar-refractivity contribution is 7.85.